The van der Waals surface area contributed by atoms with E-state index in [-0.39, 0.29) is 73.9 Å². The third-order valence-electron chi connectivity index (χ3n) is 4.03. The van der Waals surface area contributed by atoms with Gasteiger partial charge in [0.15, 0.2) is 0 Å². The SMILES string of the molecule is C.C.C.C.C.C.CCC(c1ccc(C)cc1)C(C(C)=O)C(C)C(C)=O. The molecule has 1 aromatic rings. The maximum atomic E-state index is 12.0. The molecule has 1 aromatic carbocycles. The average Bonchev–Trinajstić information content (AvgIpc) is 2.35. The standard InChI is InChI=1S/C17H24O2.6CH4/c1-6-16(15-9-7-11(2)8-10-15)17(14(5)19)12(3)13(4)18;;;;;;/h7-10,12,16-17H,6H2,1-5H3;6*1H4. The molecule has 2 nitrogen and oxygen atoms in total. The van der Waals surface area contributed by atoms with Crippen molar-refractivity contribution in [2.45, 2.75) is 91.5 Å². The fraction of sp³-hybridized carbons (Fsp3) is 0.652. The Morgan fingerprint density at radius 3 is 1.52 bits per heavy atom. The lowest BCUT2D eigenvalue weighted by atomic mass is 9.74. The molecule has 0 aliphatic rings. The summed E-state index contributed by atoms with van der Waals surface area (Å²) in [4.78, 5) is 23.6. The van der Waals surface area contributed by atoms with Gasteiger partial charge >= 0.3 is 0 Å². The molecule has 0 fully saturated rings. The highest BCUT2D eigenvalue weighted by molar-refractivity contribution is 5.88. The first-order chi connectivity index (χ1) is 8.88. The molecule has 3 unspecified atom stereocenters. The van der Waals surface area contributed by atoms with Crippen LogP contribution in [0.1, 0.15) is 95.7 Å². The van der Waals surface area contributed by atoms with Gasteiger partial charge in [-0.25, -0.2) is 0 Å². The van der Waals surface area contributed by atoms with E-state index in [4.69, 9.17) is 0 Å². The van der Waals surface area contributed by atoms with Gasteiger partial charge in [0.25, 0.3) is 0 Å². The Balaban J connectivity index is -0.000000150. The first-order valence-electron chi connectivity index (χ1n) is 6.96. The number of benzene rings is 1. The first kappa shape index (κ1) is 38.9. The van der Waals surface area contributed by atoms with E-state index in [0.29, 0.717) is 0 Å². The van der Waals surface area contributed by atoms with Gasteiger partial charge in [0.2, 0.25) is 0 Å². The Labute approximate surface area is 160 Å². The maximum absolute atomic E-state index is 12.0. The summed E-state index contributed by atoms with van der Waals surface area (Å²) in [5, 5.41) is 0. The zero-order valence-corrected chi connectivity index (χ0v) is 12.6. The van der Waals surface area contributed by atoms with Crippen LogP contribution in [0.5, 0.6) is 0 Å². The van der Waals surface area contributed by atoms with E-state index in [9.17, 15) is 9.59 Å². The predicted octanol–water partition coefficient (Wildman–Crippen LogP) is 7.74. The van der Waals surface area contributed by atoms with Crippen molar-refractivity contribution in [3.8, 4) is 0 Å². The topological polar surface area (TPSA) is 34.1 Å². The Bertz CT molecular complexity index is 446. The summed E-state index contributed by atoms with van der Waals surface area (Å²) in [6.07, 6.45) is 0.866. The molecule has 1 rings (SSSR count). The van der Waals surface area contributed by atoms with Crippen LogP contribution in [0.4, 0.5) is 0 Å². The molecule has 2 heteroatoms. The second kappa shape index (κ2) is 17.4. The van der Waals surface area contributed by atoms with Crippen molar-refractivity contribution in [2.24, 2.45) is 11.8 Å². The number of carbonyl (C=O) groups is 2. The summed E-state index contributed by atoms with van der Waals surface area (Å²) in [5.41, 5.74) is 2.36. The summed E-state index contributed by atoms with van der Waals surface area (Å²) in [6.45, 7) is 9.16. The highest BCUT2D eigenvalue weighted by Gasteiger charge is 2.32. The third kappa shape index (κ3) is 10.2. The highest BCUT2D eigenvalue weighted by atomic mass is 16.1. The number of rotatable bonds is 6. The largest absolute Gasteiger partial charge is 0.300 e. The molecule has 0 saturated heterocycles. The number of carbonyl (C=O) groups excluding carboxylic acids is 2. The molecule has 0 amide bonds. The van der Waals surface area contributed by atoms with Crippen molar-refractivity contribution >= 4 is 11.6 Å². The normalized spacial score (nSPS) is 11.9. The molecular weight excluding hydrogens is 308 g/mol. The van der Waals surface area contributed by atoms with Gasteiger partial charge in [-0.1, -0.05) is 88.2 Å². The predicted molar refractivity (Wildman–Crippen MR) is 119 cm³/mol. The van der Waals surface area contributed by atoms with Crippen molar-refractivity contribution in [1.82, 2.24) is 0 Å². The molecule has 0 saturated carbocycles. The van der Waals surface area contributed by atoms with Crippen LogP contribution in [-0.2, 0) is 9.59 Å². The lowest BCUT2D eigenvalue weighted by Crippen LogP contribution is -2.30. The minimum absolute atomic E-state index is 0. The van der Waals surface area contributed by atoms with Crippen molar-refractivity contribution in [2.75, 3.05) is 0 Å². The van der Waals surface area contributed by atoms with Gasteiger partial charge in [-0.05, 0) is 38.7 Å². The molecule has 0 aromatic heterocycles. The Kier molecular flexibility index (Phi) is 27.0. The molecule has 0 radical (unpaired) electrons. The third-order valence-corrected chi connectivity index (χ3v) is 4.03. The number of ketones is 2. The molecular formula is C23H48O2. The van der Waals surface area contributed by atoms with E-state index < -0.39 is 0 Å². The van der Waals surface area contributed by atoms with Crippen molar-refractivity contribution < 1.29 is 9.59 Å². The van der Waals surface area contributed by atoms with Crippen LogP contribution in [0.3, 0.4) is 0 Å². The zero-order valence-electron chi connectivity index (χ0n) is 12.6. The summed E-state index contributed by atoms with van der Waals surface area (Å²) >= 11 is 0. The lowest BCUT2D eigenvalue weighted by molar-refractivity contribution is -0.130. The maximum Gasteiger partial charge on any atom is 0.134 e. The van der Waals surface area contributed by atoms with E-state index >= 15 is 0 Å². The molecule has 0 spiro atoms. The van der Waals surface area contributed by atoms with Crippen LogP contribution < -0.4 is 0 Å². The fourth-order valence-electron chi connectivity index (χ4n) is 2.75. The number of hydrogen-bond acceptors (Lipinski definition) is 2. The van der Waals surface area contributed by atoms with E-state index in [2.05, 4.69) is 31.2 Å². The lowest BCUT2D eigenvalue weighted by Gasteiger charge is -2.28. The minimum atomic E-state index is -0.219. The van der Waals surface area contributed by atoms with E-state index in [1.807, 2.05) is 13.8 Å². The van der Waals surface area contributed by atoms with Crippen LogP contribution in [0, 0.1) is 18.8 Å². The first-order valence-corrected chi connectivity index (χ1v) is 6.96. The van der Waals surface area contributed by atoms with Crippen LogP contribution in [-0.4, -0.2) is 11.6 Å². The molecule has 0 N–H and O–H groups in total. The quantitative estimate of drug-likeness (QED) is 0.522. The molecule has 3 atom stereocenters. The van der Waals surface area contributed by atoms with E-state index in [0.717, 1.165) is 12.0 Å². The van der Waals surface area contributed by atoms with E-state index in [1.54, 1.807) is 13.8 Å². The van der Waals surface area contributed by atoms with Crippen LogP contribution in [0.25, 0.3) is 0 Å². The van der Waals surface area contributed by atoms with Crippen molar-refractivity contribution in [3.63, 3.8) is 0 Å². The fourth-order valence-corrected chi connectivity index (χ4v) is 2.75. The van der Waals surface area contributed by atoms with Crippen LogP contribution in [0.2, 0.25) is 0 Å². The van der Waals surface area contributed by atoms with E-state index in [1.165, 1.54) is 5.56 Å². The summed E-state index contributed by atoms with van der Waals surface area (Å²) < 4.78 is 0. The molecule has 0 aliphatic carbocycles. The van der Waals surface area contributed by atoms with Gasteiger partial charge in [0.05, 0.1) is 0 Å². The molecule has 0 heterocycles. The smallest absolute Gasteiger partial charge is 0.134 e. The Hall–Kier alpha value is -1.44. The van der Waals surface area contributed by atoms with Gasteiger partial charge in [-0.3, -0.25) is 9.59 Å². The van der Waals surface area contributed by atoms with Crippen molar-refractivity contribution in [1.29, 1.82) is 0 Å². The number of Topliss-reactive ketones (excluding diaryl/α,β-unsaturated/α-hetero) is 2. The van der Waals surface area contributed by atoms with Crippen LogP contribution >= 0.6 is 0 Å². The van der Waals surface area contributed by atoms with Gasteiger partial charge in [0, 0.05) is 11.8 Å². The van der Waals surface area contributed by atoms with Crippen LogP contribution in [0.15, 0.2) is 24.3 Å². The molecule has 0 aliphatic heterocycles. The second-order valence-electron chi connectivity index (χ2n) is 5.46. The molecule has 25 heavy (non-hydrogen) atoms. The summed E-state index contributed by atoms with van der Waals surface area (Å²) in [6, 6.07) is 8.28. The zero-order chi connectivity index (χ0) is 14.6. The average molecular weight is 357 g/mol. The highest BCUT2D eigenvalue weighted by Crippen LogP contribution is 2.34. The van der Waals surface area contributed by atoms with Crippen molar-refractivity contribution in [3.05, 3.63) is 35.4 Å². The Morgan fingerprint density at radius 1 is 0.840 bits per heavy atom. The Morgan fingerprint density at radius 2 is 1.24 bits per heavy atom. The summed E-state index contributed by atoms with van der Waals surface area (Å²) in [5.74, 6) is -0.119. The summed E-state index contributed by atoms with van der Waals surface area (Å²) in [7, 11) is 0. The molecule has 152 valence electrons. The minimum Gasteiger partial charge on any atom is -0.300 e. The van der Waals surface area contributed by atoms with Gasteiger partial charge in [0.1, 0.15) is 11.6 Å². The van der Waals surface area contributed by atoms with Gasteiger partial charge in [-0.15, -0.1) is 0 Å². The molecule has 0 bridgehead atoms. The number of aryl methyl sites for hydroxylation is 1. The monoisotopic (exact) mass is 356 g/mol. The van der Waals surface area contributed by atoms with Gasteiger partial charge < -0.3 is 0 Å². The number of hydrogen-bond donors (Lipinski definition) is 0. The van der Waals surface area contributed by atoms with Gasteiger partial charge in [-0.2, -0.15) is 0 Å². The second-order valence-corrected chi connectivity index (χ2v) is 5.46.